The quantitative estimate of drug-likeness (QED) is 0.810. The van der Waals surface area contributed by atoms with Crippen molar-refractivity contribution in [3.05, 3.63) is 53.9 Å². The van der Waals surface area contributed by atoms with Crippen LogP contribution in [0.5, 0.6) is 11.5 Å². The van der Waals surface area contributed by atoms with Crippen molar-refractivity contribution in [1.82, 2.24) is 10.3 Å². The van der Waals surface area contributed by atoms with Crippen LogP contribution in [0.1, 0.15) is 18.1 Å². The summed E-state index contributed by atoms with van der Waals surface area (Å²) in [7, 11) is 1.67. The Morgan fingerprint density at radius 3 is 2.67 bits per heavy atom. The summed E-state index contributed by atoms with van der Waals surface area (Å²) in [6.45, 7) is 4.46. The van der Waals surface area contributed by atoms with Crippen molar-refractivity contribution in [1.29, 1.82) is 0 Å². The number of benzene rings is 1. The lowest BCUT2D eigenvalue weighted by atomic mass is 10.2. The summed E-state index contributed by atoms with van der Waals surface area (Å²) in [5, 5.41) is 3.32. The van der Waals surface area contributed by atoms with Gasteiger partial charge in [0.05, 0.1) is 13.7 Å². The first-order valence-electron chi connectivity index (χ1n) is 7.22. The van der Waals surface area contributed by atoms with Gasteiger partial charge in [0, 0.05) is 37.0 Å². The van der Waals surface area contributed by atoms with Crippen LogP contribution in [-0.2, 0) is 13.0 Å². The van der Waals surface area contributed by atoms with Crippen LogP contribution < -0.4 is 14.8 Å². The van der Waals surface area contributed by atoms with Gasteiger partial charge in [0.15, 0.2) is 0 Å². The van der Waals surface area contributed by atoms with Crippen molar-refractivity contribution < 1.29 is 9.47 Å². The molecule has 0 saturated heterocycles. The summed E-state index contributed by atoms with van der Waals surface area (Å²) in [6.07, 6.45) is 4.47. The summed E-state index contributed by atoms with van der Waals surface area (Å²) in [5.74, 6) is 1.69. The Hall–Kier alpha value is -2.07. The predicted molar refractivity (Wildman–Crippen MR) is 83.8 cm³/mol. The third kappa shape index (κ3) is 4.76. The van der Waals surface area contributed by atoms with Gasteiger partial charge in [-0.2, -0.15) is 0 Å². The van der Waals surface area contributed by atoms with Gasteiger partial charge in [-0.15, -0.1) is 0 Å². The number of nitrogens with one attached hydrogen (secondary N) is 1. The lowest BCUT2D eigenvalue weighted by molar-refractivity contribution is 0.314. The van der Waals surface area contributed by atoms with E-state index in [9.17, 15) is 0 Å². The summed E-state index contributed by atoms with van der Waals surface area (Å²) in [5.41, 5.74) is 2.37. The van der Waals surface area contributed by atoms with Crippen LogP contribution in [-0.4, -0.2) is 25.2 Å². The lowest BCUT2D eigenvalue weighted by Crippen LogP contribution is -2.13. The fourth-order valence-corrected chi connectivity index (χ4v) is 2.03. The lowest BCUT2D eigenvalue weighted by Gasteiger charge is -2.13. The van der Waals surface area contributed by atoms with E-state index in [2.05, 4.69) is 17.2 Å². The molecule has 0 aliphatic carbocycles. The molecule has 1 aromatic carbocycles. The maximum Gasteiger partial charge on any atom is 0.127 e. The second kappa shape index (κ2) is 8.27. The number of rotatable bonds is 8. The van der Waals surface area contributed by atoms with E-state index in [0.29, 0.717) is 6.61 Å². The summed E-state index contributed by atoms with van der Waals surface area (Å²) >= 11 is 0. The molecule has 0 atom stereocenters. The Morgan fingerprint density at radius 1 is 1.14 bits per heavy atom. The van der Waals surface area contributed by atoms with Gasteiger partial charge < -0.3 is 14.8 Å². The van der Waals surface area contributed by atoms with Crippen molar-refractivity contribution in [2.45, 2.75) is 19.9 Å². The molecule has 4 heteroatoms. The first kappa shape index (κ1) is 15.3. The molecule has 112 valence electrons. The van der Waals surface area contributed by atoms with Crippen LogP contribution in [0.3, 0.4) is 0 Å². The molecule has 0 saturated carbocycles. The van der Waals surface area contributed by atoms with E-state index in [-0.39, 0.29) is 0 Å². The van der Waals surface area contributed by atoms with Crippen LogP contribution in [0.2, 0.25) is 0 Å². The molecule has 0 unspecified atom stereocenters. The minimum atomic E-state index is 0.635. The van der Waals surface area contributed by atoms with E-state index < -0.39 is 0 Å². The number of methoxy groups -OCH3 is 1. The van der Waals surface area contributed by atoms with E-state index in [0.717, 1.165) is 36.6 Å². The van der Waals surface area contributed by atoms with Gasteiger partial charge in [-0.1, -0.05) is 13.0 Å². The van der Waals surface area contributed by atoms with E-state index >= 15 is 0 Å². The standard InChI is InChI=1S/C17H22N2O2/c1-3-18-13-15-4-5-16(20-2)12-17(15)21-11-8-14-6-9-19-10-7-14/h4-7,9-10,12,18H,3,8,11,13H2,1-2H3. The van der Waals surface area contributed by atoms with E-state index in [1.165, 1.54) is 5.56 Å². The monoisotopic (exact) mass is 286 g/mol. The molecule has 1 heterocycles. The normalized spacial score (nSPS) is 10.4. The van der Waals surface area contributed by atoms with Gasteiger partial charge in [0.1, 0.15) is 11.5 Å². The maximum atomic E-state index is 5.94. The zero-order valence-corrected chi connectivity index (χ0v) is 12.6. The molecule has 0 fully saturated rings. The summed E-state index contributed by atoms with van der Waals surface area (Å²) in [4.78, 5) is 4.02. The molecular weight excluding hydrogens is 264 g/mol. The fourth-order valence-electron chi connectivity index (χ4n) is 2.03. The number of hydrogen-bond donors (Lipinski definition) is 1. The molecule has 0 amide bonds. The highest BCUT2D eigenvalue weighted by Crippen LogP contribution is 2.25. The fraction of sp³-hybridized carbons (Fsp3) is 0.353. The van der Waals surface area contributed by atoms with Crippen molar-refractivity contribution >= 4 is 0 Å². The molecule has 0 bridgehead atoms. The highest BCUT2D eigenvalue weighted by molar-refractivity contribution is 5.40. The maximum absolute atomic E-state index is 5.94. The van der Waals surface area contributed by atoms with Crippen molar-refractivity contribution in [2.24, 2.45) is 0 Å². The second-order valence-electron chi connectivity index (χ2n) is 4.71. The molecule has 4 nitrogen and oxygen atoms in total. The van der Waals surface area contributed by atoms with Gasteiger partial charge in [-0.05, 0) is 30.3 Å². The largest absolute Gasteiger partial charge is 0.497 e. The van der Waals surface area contributed by atoms with Crippen LogP contribution in [0, 0.1) is 0 Å². The third-order valence-electron chi connectivity index (χ3n) is 3.24. The van der Waals surface area contributed by atoms with Gasteiger partial charge in [-0.25, -0.2) is 0 Å². The molecule has 0 aliphatic rings. The Kier molecular flexibility index (Phi) is 6.03. The van der Waals surface area contributed by atoms with Crippen LogP contribution in [0.25, 0.3) is 0 Å². The van der Waals surface area contributed by atoms with Gasteiger partial charge in [0.2, 0.25) is 0 Å². The van der Waals surface area contributed by atoms with Crippen LogP contribution in [0.4, 0.5) is 0 Å². The minimum Gasteiger partial charge on any atom is -0.497 e. The third-order valence-corrected chi connectivity index (χ3v) is 3.24. The predicted octanol–water partition coefficient (Wildman–Crippen LogP) is 2.82. The molecule has 0 aliphatic heterocycles. The molecule has 2 aromatic rings. The number of aromatic nitrogens is 1. The van der Waals surface area contributed by atoms with E-state index in [4.69, 9.17) is 9.47 Å². The average Bonchev–Trinajstić information content (AvgIpc) is 2.54. The van der Waals surface area contributed by atoms with Crippen molar-refractivity contribution in [3.63, 3.8) is 0 Å². The first-order chi connectivity index (χ1) is 10.3. The molecule has 0 radical (unpaired) electrons. The smallest absolute Gasteiger partial charge is 0.127 e. The van der Waals surface area contributed by atoms with Gasteiger partial charge in [0.25, 0.3) is 0 Å². The SMILES string of the molecule is CCNCc1ccc(OC)cc1OCCc1ccncc1. The van der Waals surface area contributed by atoms with E-state index in [1.807, 2.05) is 30.3 Å². The highest BCUT2D eigenvalue weighted by Gasteiger charge is 2.06. The summed E-state index contributed by atoms with van der Waals surface area (Å²) in [6, 6.07) is 9.97. The molecule has 21 heavy (non-hydrogen) atoms. The van der Waals surface area contributed by atoms with E-state index in [1.54, 1.807) is 19.5 Å². The zero-order chi connectivity index (χ0) is 14.9. The molecular formula is C17H22N2O2. The molecule has 2 rings (SSSR count). The zero-order valence-electron chi connectivity index (χ0n) is 12.6. The molecule has 0 spiro atoms. The van der Waals surface area contributed by atoms with Gasteiger partial charge >= 0.3 is 0 Å². The second-order valence-corrected chi connectivity index (χ2v) is 4.71. The highest BCUT2D eigenvalue weighted by atomic mass is 16.5. The Balaban J connectivity index is 1.99. The van der Waals surface area contributed by atoms with Crippen LogP contribution >= 0.6 is 0 Å². The molecule has 1 aromatic heterocycles. The van der Waals surface area contributed by atoms with Crippen LogP contribution in [0.15, 0.2) is 42.7 Å². The van der Waals surface area contributed by atoms with Crippen molar-refractivity contribution in [3.8, 4) is 11.5 Å². The molecule has 1 N–H and O–H groups in total. The Morgan fingerprint density at radius 2 is 1.95 bits per heavy atom. The van der Waals surface area contributed by atoms with Crippen molar-refractivity contribution in [2.75, 3.05) is 20.3 Å². The topological polar surface area (TPSA) is 43.4 Å². The number of ether oxygens (including phenoxy) is 2. The average molecular weight is 286 g/mol. The number of pyridine rings is 1. The number of hydrogen-bond acceptors (Lipinski definition) is 4. The summed E-state index contributed by atoms with van der Waals surface area (Å²) < 4.78 is 11.2. The van der Waals surface area contributed by atoms with Gasteiger partial charge in [-0.3, -0.25) is 4.98 Å². The number of nitrogens with zero attached hydrogens (tertiary/aromatic N) is 1. The Bertz CT molecular complexity index is 544. The minimum absolute atomic E-state index is 0.635. The Labute approximate surface area is 126 Å². The first-order valence-corrected chi connectivity index (χ1v) is 7.22.